The molecule has 0 saturated carbocycles. The summed E-state index contributed by atoms with van der Waals surface area (Å²) in [4.78, 5) is 11.4. The van der Waals surface area contributed by atoms with Gasteiger partial charge in [0, 0.05) is 12.6 Å². The number of nitrogens with two attached hydrogens (primary N) is 1. The van der Waals surface area contributed by atoms with E-state index in [0.29, 0.717) is 16.3 Å². The van der Waals surface area contributed by atoms with E-state index in [1.54, 1.807) is 12.1 Å². The maximum absolute atomic E-state index is 11.4. The van der Waals surface area contributed by atoms with Crippen molar-refractivity contribution in [3.8, 4) is 5.75 Å². The highest BCUT2D eigenvalue weighted by molar-refractivity contribution is 6.32. The largest absolute Gasteiger partial charge is 0.495 e. The Morgan fingerprint density at radius 1 is 1.57 bits per heavy atom. The first-order valence-corrected chi connectivity index (χ1v) is 4.30. The highest BCUT2D eigenvalue weighted by atomic mass is 35.5. The number of amides is 1. The first-order valence-electron chi connectivity index (χ1n) is 3.92. The van der Waals surface area contributed by atoms with Gasteiger partial charge in [-0.3, -0.25) is 9.80 Å². The molecule has 1 aromatic carbocycles. The molecule has 4 nitrogen and oxygen atoms in total. The van der Waals surface area contributed by atoms with Crippen LogP contribution in [0.2, 0.25) is 5.02 Å². The molecular weight excluding hydrogens is 204 g/mol. The lowest BCUT2D eigenvalue weighted by atomic mass is 10.2. The molecule has 14 heavy (non-hydrogen) atoms. The Labute approximate surface area is 87.2 Å². The second-order valence-electron chi connectivity index (χ2n) is 2.77. The van der Waals surface area contributed by atoms with Crippen LogP contribution in [0.3, 0.4) is 0 Å². The molecule has 0 atom stereocenters. The molecular formula is C9H11ClN2O2. The molecule has 76 valence electrons. The number of rotatable bonds is 2. The third-order valence-corrected chi connectivity index (χ3v) is 2.01. The smallest absolute Gasteiger partial charge is 0.267 e. The first-order chi connectivity index (χ1) is 6.56. The summed E-state index contributed by atoms with van der Waals surface area (Å²) in [6, 6.07) is 4.75. The quantitative estimate of drug-likeness (QED) is 0.459. The van der Waals surface area contributed by atoms with Gasteiger partial charge in [0.25, 0.3) is 5.91 Å². The number of methoxy groups -OCH3 is 1. The highest BCUT2D eigenvalue weighted by Gasteiger charge is 2.10. The second-order valence-corrected chi connectivity index (χ2v) is 3.17. The molecule has 0 aliphatic heterocycles. The molecule has 0 fully saturated rings. The Kier molecular flexibility index (Phi) is 3.33. The van der Waals surface area contributed by atoms with E-state index in [1.807, 2.05) is 0 Å². The summed E-state index contributed by atoms with van der Waals surface area (Å²) in [5.74, 6) is 5.53. The summed E-state index contributed by atoms with van der Waals surface area (Å²) in [5.41, 5.74) is 0.431. The number of carbonyl (C=O) groups is 1. The number of nitrogens with zero attached hydrogens (tertiary/aromatic N) is 1. The SMILES string of the molecule is COc1ccc(C(=O)N(C)N)cc1Cl. The van der Waals surface area contributed by atoms with Crippen molar-refractivity contribution in [1.82, 2.24) is 5.01 Å². The van der Waals surface area contributed by atoms with E-state index in [-0.39, 0.29) is 5.91 Å². The van der Waals surface area contributed by atoms with Crippen LogP contribution in [0, 0.1) is 0 Å². The molecule has 1 aromatic rings. The van der Waals surface area contributed by atoms with Gasteiger partial charge in [0.15, 0.2) is 0 Å². The van der Waals surface area contributed by atoms with E-state index in [4.69, 9.17) is 22.2 Å². The van der Waals surface area contributed by atoms with Crippen molar-refractivity contribution in [2.75, 3.05) is 14.2 Å². The molecule has 0 unspecified atom stereocenters. The Morgan fingerprint density at radius 2 is 2.21 bits per heavy atom. The van der Waals surface area contributed by atoms with Crippen molar-refractivity contribution in [2.45, 2.75) is 0 Å². The van der Waals surface area contributed by atoms with Crippen molar-refractivity contribution in [2.24, 2.45) is 5.84 Å². The maximum Gasteiger partial charge on any atom is 0.267 e. The van der Waals surface area contributed by atoms with Gasteiger partial charge in [-0.2, -0.15) is 0 Å². The van der Waals surface area contributed by atoms with Crippen LogP contribution in [0.15, 0.2) is 18.2 Å². The van der Waals surface area contributed by atoms with E-state index in [0.717, 1.165) is 5.01 Å². The zero-order chi connectivity index (χ0) is 10.7. The van der Waals surface area contributed by atoms with Gasteiger partial charge in [0.2, 0.25) is 0 Å². The van der Waals surface area contributed by atoms with Crippen LogP contribution in [0.1, 0.15) is 10.4 Å². The molecule has 1 rings (SSSR count). The van der Waals surface area contributed by atoms with Crippen LogP contribution in [0.4, 0.5) is 0 Å². The van der Waals surface area contributed by atoms with Crippen LogP contribution < -0.4 is 10.6 Å². The van der Waals surface area contributed by atoms with E-state index in [1.165, 1.54) is 20.2 Å². The van der Waals surface area contributed by atoms with Crippen molar-refractivity contribution in [1.29, 1.82) is 0 Å². The number of ether oxygens (including phenoxy) is 1. The fourth-order valence-corrected chi connectivity index (χ4v) is 1.26. The van der Waals surface area contributed by atoms with E-state index in [9.17, 15) is 4.79 Å². The first kappa shape index (κ1) is 10.8. The molecule has 2 N–H and O–H groups in total. The average molecular weight is 215 g/mol. The lowest BCUT2D eigenvalue weighted by Crippen LogP contribution is -2.33. The molecule has 0 heterocycles. The van der Waals surface area contributed by atoms with Gasteiger partial charge >= 0.3 is 0 Å². The lowest BCUT2D eigenvalue weighted by molar-refractivity contribution is 0.0795. The van der Waals surface area contributed by atoms with Gasteiger partial charge < -0.3 is 4.74 Å². The predicted octanol–water partition coefficient (Wildman–Crippen LogP) is 1.29. The van der Waals surface area contributed by atoms with Crippen LogP contribution >= 0.6 is 11.6 Å². The summed E-state index contributed by atoms with van der Waals surface area (Å²) < 4.78 is 4.95. The molecule has 1 amide bonds. The normalized spacial score (nSPS) is 9.71. The second kappa shape index (κ2) is 4.30. The summed E-state index contributed by atoms with van der Waals surface area (Å²) >= 11 is 5.84. The third kappa shape index (κ3) is 2.16. The van der Waals surface area contributed by atoms with Crippen molar-refractivity contribution < 1.29 is 9.53 Å². The number of benzene rings is 1. The zero-order valence-electron chi connectivity index (χ0n) is 7.95. The van der Waals surface area contributed by atoms with Crippen LogP contribution in [0.25, 0.3) is 0 Å². The predicted molar refractivity (Wildman–Crippen MR) is 54.3 cm³/mol. The molecule has 0 spiro atoms. The molecule has 0 saturated heterocycles. The summed E-state index contributed by atoms with van der Waals surface area (Å²) in [5, 5.41) is 1.39. The van der Waals surface area contributed by atoms with Crippen molar-refractivity contribution in [3.63, 3.8) is 0 Å². The van der Waals surface area contributed by atoms with Crippen LogP contribution in [-0.2, 0) is 0 Å². The molecule has 0 bridgehead atoms. The van der Waals surface area contributed by atoms with Gasteiger partial charge in [-0.05, 0) is 18.2 Å². The topological polar surface area (TPSA) is 55.6 Å². The number of hydrogen-bond acceptors (Lipinski definition) is 3. The minimum Gasteiger partial charge on any atom is -0.495 e. The van der Waals surface area contributed by atoms with Crippen molar-refractivity contribution in [3.05, 3.63) is 28.8 Å². The van der Waals surface area contributed by atoms with Crippen LogP contribution in [-0.4, -0.2) is 25.1 Å². The van der Waals surface area contributed by atoms with E-state index >= 15 is 0 Å². The minimum atomic E-state index is -0.297. The number of carbonyl (C=O) groups excluding carboxylic acids is 1. The van der Waals surface area contributed by atoms with Gasteiger partial charge in [-0.25, -0.2) is 5.84 Å². The molecule has 0 radical (unpaired) electrons. The number of halogens is 1. The van der Waals surface area contributed by atoms with E-state index in [2.05, 4.69) is 0 Å². The fourth-order valence-electron chi connectivity index (χ4n) is 1.00. The van der Waals surface area contributed by atoms with Crippen molar-refractivity contribution >= 4 is 17.5 Å². The lowest BCUT2D eigenvalue weighted by Gasteiger charge is -2.10. The standard InChI is InChI=1S/C9H11ClN2O2/c1-12(11)9(13)6-3-4-8(14-2)7(10)5-6/h3-5H,11H2,1-2H3. The molecule has 0 aliphatic rings. The number of hydrazine groups is 1. The Morgan fingerprint density at radius 3 is 2.64 bits per heavy atom. The molecule has 0 aliphatic carbocycles. The van der Waals surface area contributed by atoms with E-state index < -0.39 is 0 Å². The average Bonchev–Trinajstić information content (AvgIpc) is 2.16. The number of hydrogen-bond donors (Lipinski definition) is 1. The Hall–Kier alpha value is -1.26. The summed E-state index contributed by atoms with van der Waals surface area (Å²) in [7, 11) is 2.98. The molecule has 0 aromatic heterocycles. The minimum absolute atomic E-state index is 0.297. The van der Waals surface area contributed by atoms with Crippen LogP contribution in [0.5, 0.6) is 5.75 Å². The van der Waals surface area contributed by atoms with Gasteiger partial charge in [-0.1, -0.05) is 11.6 Å². The monoisotopic (exact) mass is 214 g/mol. The zero-order valence-corrected chi connectivity index (χ0v) is 8.71. The van der Waals surface area contributed by atoms with Gasteiger partial charge in [-0.15, -0.1) is 0 Å². The summed E-state index contributed by atoms with van der Waals surface area (Å²) in [6.07, 6.45) is 0. The molecule has 5 heteroatoms. The highest BCUT2D eigenvalue weighted by Crippen LogP contribution is 2.25. The fraction of sp³-hybridized carbons (Fsp3) is 0.222. The summed E-state index contributed by atoms with van der Waals surface area (Å²) in [6.45, 7) is 0. The maximum atomic E-state index is 11.4. The Bertz CT molecular complexity index is 353. The van der Waals surface area contributed by atoms with Gasteiger partial charge in [0.05, 0.1) is 12.1 Å². The van der Waals surface area contributed by atoms with Gasteiger partial charge in [0.1, 0.15) is 5.75 Å². The third-order valence-electron chi connectivity index (χ3n) is 1.72. The Balaban J connectivity index is 3.03.